The first-order chi connectivity index (χ1) is 11.0. The highest BCUT2D eigenvalue weighted by molar-refractivity contribution is 6.30. The van der Waals surface area contributed by atoms with Crippen LogP contribution in [0.2, 0.25) is 5.02 Å². The third-order valence-electron chi connectivity index (χ3n) is 4.15. The third-order valence-corrected chi connectivity index (χ3v) is 4.41. The number of halogens is 1. The maximum atomic E-state index is 5.91. The average molecular weight is 326 g/mol. The highest BCUT2D eigenvalue weighted by Crippen LogP contribution is 2.24. The molecule has 23 heavy (non-hydrogen) atoms. The van der Waals surface area contributed by atoms with Gasteiger partial charge in [-0.3, -0.25) is 0 Å². The van der Waals surface area contributed by atoms with Crippen molar-refractivity contribution >= 4 is 17.5 Å². The number of rotatable bonds is 4. The normalized spacial score (nSPS) is 10.8. The van der Waals surface area contributed by atoms with Crippen molar-refractivity contribution in [1.82, 2.24) is 9.55 Å². The molecule has 0 aliphatic carbocycles. The van der Waals surface area contributed by atoms with Gasteiger partial charge >= 0.3 is 0 Å². The van der Waals surface area contributed by atoms with Crippen molar-refractivity contribution in [3.63, 3.8) is 0 Å². The smallest absolute Gasteiger partial charge is 0.203 e. The fourth-order valence-electron chi connectivity index (χ4n) is 2.53. The van der Waals surface area contributed by atoms with Crippen LogP contribution >= 0.6 is 11.6 Å². The fraction of sp³-hybridized carbons (Fsp3) is 0.211. The van der Waals surface area contributed by atoms with Crippen molar-refractivity contribution in [2.24, 2.45) is 7.05 Å². The molecule has 1 N–H and O–H groups in total. The highest BCUT2D eigenvalue weighted by Gasteiger charge is 2.09. The van der Waals surface area contributed by atoms with Gasteiger partial charge in [0.2, 0.25) is 5.95 Å². The summed E-state index contributed by atoms with van der Waals surface area (Å²) < 4.78 is 2.08. The summed E-state index contributed by atoms with van der Waals surface area (Å²) in [4.78, 5) is 4.50. The topological polar surface area (TPSA) is 29.9 Å². The molecule has 0 unspecified atom stereocenters. The van der Waals surface area contributed by atoms with E-state index in [2.05, 4.69) is 46.9 Å². The molecule has 0 saturated heterocycles. The van der Waals surface area contributed by atoms with Gasteiger partial charge in [0, 0.05) is 24.2 Å². The van der Waals surface area contributed by atoms with Gasteiger partial charge in [-0.25, -0.2) is 4.98 Å². The molecule has 3 nitrogen and oxygen atoms in total. The number of nitrogens with zero attached hydrogens (tertiary/aromatic N) is 2. The standard InChI is InChI=1S/C19H20ClN3/c1-13-4-7-16(10-14(13)2)18-12-22-19(23(18)3)21-11-15-5-8-17(20)9-6-15/h4-10,12H,11H2,1-3H3,(H,21,22). The molecule has 0 fully saturated rings. The third kappa shape index (κ3) is 3.40. The molecule has 0 atom stereocenters. The van der Waals surface area contributed by atoms with Crippen LogP contribution in [0.3, 0.4) is 0 Å². The van der Waals surface area contributed by atoms with E-state index in [4.69, 9.17) is 11.6 Å². The number of hydrogen-bond acceptors (Lipinski definition) is 2. The largest absolute Gasteiger partial charge is 0.352 e. The number of nitrogens with one attached hydrogen (secondary N) is 1. The molecule has 3 rings (SSSR count). The first-order valence-electron chi connectivity index (χ1n) is 7.62. The molecule has 1 heterocycles. The Labute approximate surface area is 141 Å². The molecule has 0 spiro atoms. The monoisotopic (exact) mass is 325 g/mol. The predicted molar refractivity (Wildman–Crippen MR) is 96.9 cm³/mol. The van der Waals surface area contributed by atoms with E-state index in [-0.39, 0.29) is 0 Å². The molecule has 0 aliphatic heterocycles. The van der Waals surface area contributed by atoms with Gasteiger partial charge in [0.1, 0.15) is 0 Å². The summed E-state index contributed by atoms with van der Waals surface area (Å²) in [6, 6.07) is 14.3. The minimum Gasteiger partial charge on any atom is -0.352 e. The van der Waals surface area contributed by atoms with Crippen LogP contribution in [0.25, 0.3) is 11.3 Å². The molecule has 2 aromatic carbocycles. The van der Waals surface area contributed by atoms with Crippen molar-refractivity contribution in [3.05, 3.63) is 70.4 Å². The van der Waals surface area contributed by atoms with Crippen LogP contribution in [0.15, 0.2) is 48.7 Å². The van der Waals surface area contributed by atoms with Crippen LogP contribution < -0.4 is 5.32 Å². The second-order valence-corrected chi connectivity index (χ2v) is 6.24. The first-order valence-corrected chi connectivity index (χ1v) is 8.00. The quantitative estimate of drug-likeness (QED) is 0.734. The van der Waals surface area contributed by atoms with Crippen LogP contribution in [0.4, 0.5) is 5.95 Å². The van der Waals surface area contributed by atoms with E-state index in [0.29, 0.717) is 6.54 Å². The van der Waals surface area contributed by atoms with Gasteiger partial charge in [0.05, 0.1) is 11.9 Å². The fourth-order valence-corrected chi connectivity index (χ4v) is 2.65. The molecule has 0 bridgehead atoms. The molecule has 0 aliphatic rings. The Balaban J connectivity index is 1.78. The summed E-state index contributed by atoms with van der Waals surface area (Å²) in [6.45, 7) is 4.98. The van der Waals surface area contributed by atoms with E-state index in [1.54, 1.807) is 0 Å². The van der Waals surface area contributed by atoms with Crippen molar-refractivity contribution in [2.45, 2.75) is 20.4 Å². The molecule has 4 heteroatoms. The number of anilines is 1. The predicted octanol–water partition coefficient (Wildman–Crippen LogP) is 4.97. The molecule has 0 amide bonds. The Hall–Kier alpha value is -2.26. The van der Waals surface area contributed by atoms with E-state index < -0.39 is 0 Å². The van der Waals surface area contributed by atoms with Crippen LogP contribution in [0, 0.1) is 13.8 Å². The van der Waals surface area contributed by atoms with Crippen molar-refractivity contribution < 1.29 is 0 Å². The number of aromatic nitrogens is 2. The van der Waals surface area contributed by atoms with Gasteiger partial charge in [0.15, 0.2) is 0 Å². The summed E-state index contributed by atoms with van der Waals surface area (Å²) in [6.07, 6.45) is 1.91. The number of aryl methyl sites for hydroxylation is 2. The first kappa shape index (κ1) is 15.6. The van der Waals surface area contributed by atoms with Gasteiger partial charge in [0.25, 0.3) is 0 Å². The lowest BCUT2D eigenvalue weighted by molar-refractivity contribution is 0.906. The molecule has 3 aromatic rings. The lowest BCUT2D eigenvalue weighted by Gasteiger charge is -2.10. The van der Waals surface area contributed by atoms with Gasteiger partial charge in [-0.15, -0.1) is 0 Å². The lowest BCUT2D eigenvalue weighted by atomic mass is 10.0. The van der Waals surface area contributed by atoms with E-state index >= 15 is 0 Å². The number of hydrogen-bond donors (Lipinski definition) is 1. The Kier molecular flexibility index (Phi) is 4.39. The van der Waals surface area contributed by atoms with Gasteiger partial charge in [-0.1, -0.05) is 35.9 Å². The SMILES string of the molecule is Cc1ccc(-c2cnc(NCc3ccc(Cl)cc3)n2C)cc1C. The zero-order valence-electron chi connectivity index (χ0n) is 13.6. The van der Waals surface area contributed by atoms with E-state index in [1.807, 2.05) is 37.5 Å². The van der Waals surface area contributed by atoms with Crippen molar-refractivity contribution in [2.75, 3.05) is 5.32 Å². The summed E-state index contributed by atoms with van der Waals surface area (Å²) in [5.41, 5.74) is 6.05. The molecule has 1 aromatic heterocycles. The maximum Gasteiger partial charge on any atom is 0.203 e. The lowest BCUT2D eigenvalue weighted by Crippen LogP contribution is -2.05. The van der Waals surface area contributed by atoms with Crippen molar-refractivity contribution in [3.8, 4) is 11.3 Å². The minimum absolute atomic E-state index is 0.717. The summed E-state index contributed by atoms with van der Waals surface area (Å²) in [7, 11) is 2.03. The molecular formula is C19H20ClN3. The number of benzene rings is 2. The molecule has 0 saturated carbocycles. The zero-order valence-corrected chi connectivity index (χ0v) is 14.4. The van der Waals surface area contributed by atoms with Crippen LogP contribution in [0.1, 0.15) is 16.7 Å². The number of imidazole rings is 1. The Morgan fingerprint density at radius 2 is 1.78 bits per heavy atom. The van der Waals surface area contributed by atoms with E-state index in [9.17, 15) is 0 Å². The Bertz CT molecular complexity index is 819. The Morgan fingerprint density at radius 3 is 2.48 bits per heavy atom. The zero-order chi connectivity index (χ0) is 16.4. The molecule has 0 radical (unpaired) electrons. The van der Waals surface area contributed by atoms with Crippen LogP contribution in [-0.2, 0) is 13.6 Å². The van der Waals surface area contributed by atoms with Gasteiger partial charge < -0.3 is 9.88 Å². The Morgan fingerprint density at radius 1 is 1.04 bits per heavy atom. The second kappa shape index (κ2) is 6.47. The summed E-state index contributed by atoms with van der Waals surface area (Å²) in [5.74, 6) is 0.855. The highest BCUT2D eigenvalue weighted by atomic mass is 35.5. The minimum atomic E-state index is 0.717. The average Bonchev–Trinajstić information content (AvgIpc) is 2.90. The summed E-state index contributed by atoms with van der Waals surface area (Å²) >= 11 is 5.91. The molecular weight excluding hydrogens is 306 g/mol. The van der Waals surface area contributed by atoms with Crippen LogP contribution in [-0.4, -0.2) is 9.55 Å². The van der Waals surface area contributed by atoms with E-state index in [1.165, 1.54) is 22.3 Å². The van der Waals surface area contributed by atoms with Gasteiger partial charge in [-0.05, 0) is 48.7 Å². The maximum absolute atomic E-state index is 5.91. The van der Waals surface area contributed by atoms with Gasteiger partial charge in [-0.2, -0.15) is 0 Å². The molecule has 118 valence electrons. The van der Waals surface area contributed by atoms with E-state index in [0.717, 1.165) is 16.7 Å². The van der Waals surface area contributed by atoms with Crippen molar-refractivity contribution in [1.29, 1.82) is 0 Å². The summed E-state index contributed by atoms with van der Waals surface area (Å²) in [5, 5.41) is 4.13. The second-order valence-electron chi connectivity index (χ2n) is 5.81. The van der Waals surface area contributed by atoms with Crippen LogP contribution in [0.5, 0.6) is 0 Å².